The van der Waals surface area contributed by atoms with Gasteiger partial charge < -0.3 is 46.9 Å². The van der Waals surface area contributed by atoms with Gasteiger partial charge >= 0.3 is 21.4 Å². The number of hydrogen-bond acceptors (Lipinski definition) is 13. The summed E-state index contributed by atoms with van der Waals surface area (Å²) >= 11 is 0. The largest absolute Gasteiger partial charge is 0.495 e. The van der Waals surface area contributed by atoms with Crippen molar-refractivity contribution < 1.29 is 46.9 Å². The quantitative estimate of drug-likeness (QED) is 0.199. The maximum Gasteiger partial charge on any atom is 0.495 e. The number of morpholine rings is 3. The molecule has 0 N–H and O–H groups in total. The normalized spacial score (nSPS) is 28.7. The summed E-state index contributed by atoms with van der Waals surface area (Å²) in [5, 5.41) is 0. The van der Waals surface area contributed by atoms with E-state index >= 15 is 0 Å². The van der Waals surface area contributed by atoms with E-state index in [0.717, 1.165) is 107 Å². The third kappa shape index (κ3) is 11.0. The molecule has 3 aromatic rings. The van der Waals surface area contributed by atoms with Gasteiger partial charge in [-0.1, -0.05) is 54.6 Å². The van der Waals surface area contributed by atoms with Gasteiger partial charge in [-0.2, -0.15) is 0 Å². The van der Waals surface area contributed by atoms with Crippen molar-refractivity contribution in [2.24, 2.45) is 0 Å². The van der Waals surface area contributed by atoms with Crippen molar-refractivity contribution in [3.8, 4) is 5.75 Å². The summed E-state index contributed by atoms with van der Waals surface area (Å²) in [5.41, 5.74) is 3.69. The van der Waals surface area contributed by atoms with E-state index in [1.54, 1.807) is 0 Å². The van der Waals surface area contributed by atoms with Gasteiger partial charge in [-0.15, -0.1) is 0 Å². The summed E-state index contributed by atoms with van der Waals surface area (Å²) in [5.74, 6) is 0.831. The molecular formula is C52H76B3N3O10. The molecular weight excluding hydrogens is 859 g/mol. The van der Waals surface area contributed by atoms with Crippen molar-refractivity contribution in [2.45, 2.75) is 135 Å². The molecule has 0 bridgehead atoms. The van der Waals surface area contributed by atoms with E-state index in [1.807, 2.05) is 24.3 Å². The van der Waals surface area contributed by atoms with Gasteiger partial charge in [0, 0.05) is 71.7 Å². The van der Waals surface area contributed by atoms with Gasteiger partial charge in [0.05, 0.1) is 72.7 Å². The van der Waals surface area contributed by atoms with Crippen LogP contribution in [0.3, 0.4) is 0 Å². The molecule has 68 heavy (non-hydrogen) atoms. The fourth-order valence-corrected chi connectivity index (χ4v) is 10.3. The molecule has 13 nitrogen and oxygen atoms in total. The number of rotatable bonds is 15. The molecule has 0 aromatic heterocycles. The lowest BCUT2D eigenvalue weighted by atomic mass is 9.74. The minimum Gasteiger partial charge on any atom is -0.492 e. The van der Waals surface area contributed by atoms with Crippen molar-refractivity contribution in [2.75, 3.05) is 85.5 Å². The van der Waals surface area contributed by atoms with Crippen molar-refractivity contribution in [1.29, 1.82) is 0 Å². The number of hydrogen-bond donors (Lipinski definition) is 0. The van der Waals surface area contributed by atoms with Crippen LogP contribution >= 0.6 is 0 Å². The smallest absolute Gasteiger partial charge is 0.492 e. The van der Waals surface area contributed by atoms with E-state index in [-0.39, 0.29) is 17.3 Å². The van der Waals surface area contributed by atoms with E-state index < -0.39 is 43.8 Å². The van der Waals surface area contributed by atoms with E-state index in [1.165, 1.54) is 16.7 Å². The zero-order valence-corrected chi connectivity index (χ0v) is 42.6. The lowest BCUT2D eigenvalue weighted by Gasteiger charge is -2.41. The first kappa shape index (κ1) is 50.1. The molecule has 0 radical (unpaired) electrons. The first-order chi connectivity index (χ1) is 32.3. The molecule has 3 atom stereocenters. The minimum absolute atomic E-state index is 0.0152. The van der Waals surface area contributed by atoms with Crippen molar-refractivity contribution in [1.82, 2.24) is 14.7 Å². The Morgan fingerprint density at radius 2 is 1.13 bits per heavy atom. The van der Waals surface area contributed by atoms with Gasteiger partial charge in [0.15, 0.2) is 0 Å². The molecule has 368 valence electrons. The molecule has 0 saturated carbocycles. The molecule has 3 unspecified atom stereocenters. The highest BCUT2D eigenvalue weighted by atomic mass is 16.7. The highest BCUT2D eigenvalue weighted by Crippen LogP contribution is 2.43. The van der Waals surface area contributed by atoms with Gasteiger partial charge in [0.2, 0.25) is 0 Å². The summed E-state index contributed by atoms with van der Waals surface area (Å²) in [7, 11) is -1.38. The van der Waals surface area contributed by atoms with Crippen LogP contribution in [0, 0.1) is 0 Å². The fourth-order valence-electron chi connectivity index (χ4n) is 10.3. The van der Waals surface area contributed by atoms with E-state index in [4.69, 9.17) is 46.9 Å². The molecule has 16 heteroatoms. The standard InChI is InChI=1S/C52H76B3N3O10/c1-47(2)48(3,4)64-53(63-47)42-15-17-44(18-16-42)61-30-24-58-25-31-62-45(38-58)35-52(10)50(7,8)66-55(68-52)46-19-14-39(32-41(46)37-57-22-28-60-29-23-57)34-51(9)49(5,6)65-54(67-51)43-13-11-12-40(33-43)36-56-20-26-59-27-21-56/h11-19,32-33,45H,20-31,34-38H2,1-10H3. The van der Waals surface area contributed by atoms with Crippen LogP contribution in [0.1, 0.15) is 92.3 Å². The van der Waals surface area contributed by atoms with Crippen molar-refractivity contribution in [3.63, 3.8) is 0 Å². The average Bonchev–Trinajstić information content (AvgIpc) is 3.78. The zero-order chi connectivity index (χ0) is 48.0. The van der Waals surface area contributed by atoms with E-state index in [0.29, 0.717) is 26.1 Å². The third-order valence-electron chi connectivity index (χ3n) is 16.2. The second-order valence-corrected chi connectivity index (χ2v) is 22.4. The molecule has 6 aliphatic rings. The van der Waals surface area contributed by atoms with Crippen LogP contribution in [0.5, 0.6) is 5.75 Å². The Bertz CT molecular complexity index is 2170. The predicted molar refractivity (Wildman–Crippen MR) is 267 cm³/mol. The number of nitrogens with zero attached hydrogens (tertiary/aromatic N) is 3. The maximum atomic E-state index is 7.11. The van der Waals surface area contributed by atoms with E-state index in [2.05, 4.69) is 126 Å². The lowest BCUT2D eigenvalue weighted by Crippen LogP contribution is -2.52. The highest BCUT2D eigenvalue weighted by molar-refractivity contribution is 6.63. The molecule has 0 aliphatic carbocycles. The first-order valence-electron chi connectivity index (χ1n) is 25.2. The van der Waals surface area contributed by atoms with Crippen LogP contribution in [0.2, 0.25) is 0 Å². The molecule has 6 heterocycles. The van der Waals surface area contributed by atoms with E-state index in [9.17, 15) is 0 Å². The Hall–Kier alpha value is -2.83. The molecule has 0 spiro atoms. The van der Waals surface area contributed by atoms with Crippen LogP contribution in [0.15, 0.2) is 66.7 Å². The van der Waals surface area contributed by atoms with Crippen LogP contribution < -0.4 is 21.1 Å². The monoisotopic (exact) mass is 936 g/mol. The highest BCUT2D eigenvalue weighted by Gasteiger charge is 2.57. The number of benzene rings is 3. The van der Waals surface area contributed by atoms with Gasteiger partial charge in [-0.3, -0.25) is 14.7 Å². The summed E-state index contributed by atoms with van der Waals surface area (Å²) < 4.78 is 64.3. The summed E-state index contributed by atoms with van der Waals surface area (Å²) in [6, 6.07) is 23.6. The van der Waals surface area contributed by atoms with Crippen LogP contribution in [0.25, 0.3) is 0 Å². The summed E-state index contributed by atoms with van der Waals surface area (Å²) in [4.78, 5) is 7.34. The summed E-state index contributed by atoms with van der Waals surface area (Å²) in [6.45, 7) is 33.3. The van der Waals surface area contributed by atoms with Crippen molar-refractivity contribution >= 4 is 37.7 Å². The molecule has 0 amide bonds. The SMILES string of the molecule is CC1(C)OB(c2ccc(OCCN3CCOC(CC4(C)OB(c5ccc(CC6(C)OB(c7cccc(CN8CCOCC8)c7)OC6(C)C)cc5CN5CCOCC5)OC4(C)C)C3)cc2)OC1(C)C. The molecule has 6 fully saturated rings. The fraction of sp³-hybridized carbons (Fsp3) is 0.654. The number of ether oxygens (including phenoxy) is 4. The Morgan fingerprint density at radius 1 is 0.544 bits per heavy atom. The minimum atomic E-state index is -0.600. The van der Waals surface area contributed by atoms with Gasteiger partial charge in [-0.25, -0.2) is 0 Å². The Labute approximate surface area is 407 Å². The second-order valence-electron chi connectivity index (χ2n) is 22.4. The lowest BCUT2D eigenvalue weighted by molar-refractivity contribution is -0.0914. The molecule has 9 rings (SSSR count). The molecule has 6 aliphatic heterocycles. The maximum absolute atomic E-state index is 7.11. The van der Waals surface area contributed by atoms with Gasteiger partial charge in [-0.05, 0) is 114 Å². The molecule has 3 aromatic carbocycles. The Morgan fingerprint density at radius 3 is 1.82 bits per heavy atom. The first-order valence-corrected chi connectivity index (χ1v) is 25.2. The van der Waals surface area contributed by atoms with Gasteiger partial charge in [0.25, 0.3) is 0 Å². The van der Waals surface area contributed by atoms with Crippen LogP contribution in [-0.4, -0.2) is 161 Å². The topological polar surface area (TPSA) is 102 Å². The van der Waals surface area contributed by atoms with Gasteiger partial charge in [0.1, 0.15) is 12.4 Å². The zero-order valence-electron chi connectivity index (χ0n) is 42.6. The second kappa shape index (κ2) is 20.0. The van der Waals surface area contributed by atoms with Crippen molar-refractivity contribution in [3.05, 3.63) is 83.4 Å². The predicted octanol–water partition coefficient (Wildman–Crippen LogP) is 4.62. The molecule has 6 saturated heterocycles. The average molecular weight is 936 g/mol. The van der Waals surface area contributed by atoms with Crippen LogP contribution in [-0.2, 0) is 61.6 Å². The Balaban J connectivity index is 0.837. The third-order valence-corrected chi connectivity index (χ3v) is 16.2. The van der Waals surface area contributed by atoms with Crippen LogP contribution in [0.4, 0.5) is 0 Å². The Kier molecular flexibility index (Phi) is 14.7. The summed E-state index contributed by atoms with van der Waals surface area (Å²) in [6.07, 6.45) is 1.37.